The van der Waals surface area contributed by atoms with E-state index in [1.165, 1.54) is 11.4 Å². The first kappa shape index (κ1) is 22.2. The van der Waals surface area contributed by atoms with Crippen LogP contribution in [-0.2, 0) is 21.8 Å². The summed E-state index contributed by atoms with van der Waals surface area (Å²) >= 11 is 0. The maximum absolute atomic E-state index is 13.1. The first-order valence-corrected chi connectivity index (χ1v) is 12.0. The summed E-state index contributed by atoms with van der Waals surface area (Å²) in [4.78, 5) is 17.3. The Hall–Kier alpha value is -3.61. The van der Waals surface area contributed by atoms with Gasteiger partial charge in [0.15, 0.2) is 5.65 Å². The van der Waals surface area contributed by atoms with Gasteiger partial charge < -0.3 is 14.0 Å². The number of sulfonamides is 1. The number of amides is 1. The monoisotopic (exact) mass is 482 g/mol. The van der Waals surface area contributed by atoms with Gasteiger partial charge in [-0.25, -0.2) is 8.42 Å². The average molecular weight is 483 g/mol. The van der Waals surface area contributed by atoms with E-state index < -0.39 is 15.9 Å². The SMILES string of the molecule is COc1ccccc1C(=O)Nc1nnc2c3cc(S(=O)(=O)N4CCOCC4)ccc3n(C)c2n1. The second-order valence-corrected chi connectivity index (χ2v) is 9.65. The zero-order valence-electron chi connectivity index (χ0n) is 18.6. The van der Waals surface area contributed by atoms with E-state index >= 15 is 0 Å². The molecule has 0 aliphatic carbocycles. The van der Waals surface area contributed by atoms with Crippen LogP contribution in [0.25, 0.3) is 22.1 Å². The highest BCUT2D eigenvalue weighted by atomic mass is 32.2. The molecular formula is C22H22N6O5S. The molecule has 5 rings (SSSR count). The molecule has 1 saturated heterocycles. The molecule has 34 heavy (non-hydrogen) atoms. The molecule has 12 heteroatoms. The lowest BCUT2D eigenvalue weighted by molar-refractivity contribution is 0.0730. The molecule has 0 radical (unpaired) electrons. The number of morpholine rings is 1. The smallest absolute Gasteiger partial charge is 0.261 e. The molecule has 0 unspecified atom stereocenters. The van der Waals surface area contributed by atoms with E-state index in [0.29, 0.717) is 54.2 Å². The number of aromatic nitrogens is 4. The highest BCUT2D eigenvalue weighted by Crippen LogP contribution is 2.29. The van der Waals surface area contributed by atoms with Crippen molar-refractivity contribution in [3.8, 4) is 5.75 Å². The Morgan fingerprint density at radius 3 is 2.65 bits per heavy atom. The number of hydrogen-bond acceptors (Lipinski definition) is 8. The van der Waals surface area contributed by atoms with Gasteiger partial charge in [0.2, 0.25) is 10.0 Å². The number of carbonyl (C=O) groups excluding carboxylic acids is 1. The summed E-state index contributed by atoms with van der Waals surface area (Å²) in [6.07, 6.45) is 0. The van der Waals surface area contributed by atoms with Crippen molar-refractivity contribution in [2.45, 2.75) is 4.90 Å². The summed E-state index contributed by atoms with van der Waals surface area (Å²) in [5, 5.41) is 11.5. The third kappa shape index (κ3) is 3.75. The number of para-hydroxylation sites is 1. The van der Waals surface area contributed by atoms with Crippen molar-refractivity contribution in [1.82, 2.24) is 24.1 Å². The Bertz CT molecular complexity index is 1510. The molecule has 1 fully saturated rings. The average Bonchev–Trinajstić information content (AvgIpc) is 3.15. The van der Waals surface area contributed by atoms with Gasteiger partial charge in [-0.3, -0.25) is 10.1 Å². The van der Waals surface area contributed by atoms with Gasteiger partial charge in [0.25, 0.3) is 11.9 Å². The Kier molecular flexibility index (Phi) is 5.63. The number of methoxy groups -OCH3 is 1. The first-order chi connectivity index (χ1) is 16.4. The molecule has 0 atom stereocenters. The lowest BCUT2D eigenvalue weighted by Gasteiger charge is -2.26. The molecule has 1 N–H and O–H groups in total. The fraction of sp³-hybridized carbons (Fsp3) is 0.273. The largest absolute Gasteiger partial charge is 0.496 e. The maximum Gasteiger partial charge on any atom is 0.261 e. The standard InChI is InChI=1S/C22H22N6O5S/c1-27-17-8-7-14(34(30,31)28-9-11-33-12-10-28)13-16(17)19-20(27)23-22(26-25-19)24-21(29)15-5-3-4-6-18(15)32-2/h3-8,13H,9-12H2,1-2H3,(H,23,24,26,29). The summed E-state index contributed by atoms with van der Waals surface area (Å²) in [6.45, 7) is 1.36. The summed E-state index contributed by atoms with van der Waals surface area (Å²) in [5.41, 5.74) is 1.97. The van der Waals surface area contributed by atoms with Gasteiger partial charge in [0.1, 0.15) is 11.3 Å². The summed E-state index contributed by atoms with van der Waals surface area (Å²) in [5.74, 6) is 0.0133. The van der Waals surface area contributed by atoms with Crippen molar-refractivity contribution in [1.29, 1.82) is 0 Å². The Balaban J connectivity index is 1.51. The minimum atomic E-state index is -3.67. The molecule has 1 aliphatic rings. The number of aryl methyl sites for hydroxylation is 1. The number of rotatable bonds is 5. The molecule has 1 amide bonds. The van der Waals surface area contributed by atoms with Crippen molar-refractivity contribution in [2.24, 2.45) is 7.05 Å². The molecule has 0 spiro atoms. The second-order valence-electron chi connectivity index (χ2n) is 7.72. The molecule has 3 heterocycles. The third-order valence-corrected chi connectivity index (χ3v) is 7.65. The molecule has 0 bridgehead atoms. The molecule has 2 aromatic carbocycles. The lowest BCUT2D eigenvalue weighted by atomic mass is 10.2. The van der Waals surface area contributed by atoms with Crippen molar-refractivity contribution in [3.05, 3.63) is 48.0 Å². The highest BCUT2D eigenvalue weighted by molar-refractivity contribution is 7.89. The van der Waals surface area contributed by atoms with E-state index in [2.05, 4.69) is 20.5 Å². The van der Waals surface area contributed by atoms with E-state index in [1.807, 2.05) is 0 Å². The number of benzene rings is 2. The summed E-state index contributed by atoms with van der Waals surface area (Å²) < 4.78 is 39.9. The topological polar surface area (TPSA) is 129 Å². The predicted molar refractivity (Wildman–Crippen MR) is 124 cm³/mol. The van der Waals surface area contributed by atoms with Gasteiger partial charge in [-0.15, -0.1) is 10.2 Å². The predicted octanol–water partition coefficient (Wildman–Crippen LogP) is 1.80. The maximum atomic E-state index is 13.1. The fourth-order valence-corrected chi connectivity index (χ4v) is 5.42. The van der Waals surface area contributed by atoms with Crippen molar-refractivity contribution >= 4 is 43.9 Å². The van der Waals surface area contributed by atoms with Gasteiger partial charge in [0, 0.05) is 25.5 Å². The van der Waals surface area contributed by atoms with Crippen molar-refractivity contribution in [2.75, 3.05) is 38.7 Å². The van der Waals surface area contributed by atoms with Crippen LogP contribution in [0, 0.1) is 0 Å². The number of carbonyl (C=O) groups is 1. The fourth-order valence-electron chi connectivity index (χ4n) is 3.99. The van der Waals surface area contributed by atoms with Crippen LogP contribution in [0.1, 0.15) is 10.4 Å². The van der Waals surface area contributed by atoms with Gasteiger partial charge in [-0.05, 0) is 30.3 Å². The van der Waals surface area contributed by atoms with Crippen LogP contribution in [0.2, 0.25) is 0 Å². The molecular weight excluding hydrogens is 460 g/mol. The van der Waals surface area contributed by atoms with Crippen LogP contribution >= 0.6 is 0 Å². The van der Waals surface area contributed by atoms with E-state index in [4.69, 9.17) is 9.47 Å². The van der Waals surface area contributed by atoms with Crippen LogP contribution in [-0.4, -0.2) is 71.8 Å². The Labute approximate surface area is 195 Å². The van der Waals surface area contributed by atoms with E-state index in [0.717, 1.165) is 5.52 Å². The van der Waals surface area contributed by atoms with Gasteiger partial charge >= 0.3 is 0 Å². The normalized spacial score (nSPS) is 15.0. The zero-order chi connectivity index (χ0) is 23.9. The Morgan fingerprint density at radius 1 is 1.12 bits per heavy atom. The van der Waals surface area contributed by atoms with Gasteiger partial charge in [-0.1, -0.05) is 12.1 Å². The number of hydrogen-bond donors (Lipinski definition) is 1. The summed E-state index contributed by atoms with van der Waals surface area (Å²) in [7, 11) is -0.389. The third-order valence-electron chi connectivity index (χ3n) is 5.76. The lowest BCUT2D eigenvalue weighted by Crippen LogP contribution is -2.40. The molecule has 1 aliphatic heterocycles. The van der Waals surface area contributed by atoms with Crippen LogP contribution in [0.3, 0.4) is 0 Å². The number of anilines is 1. The van der Waals surface area contributed by atoms with Crippen LogP contribution in [0.5, 0.6) is 5.75 Å². The van der Waals surface area contributed by atoms with Crippen LogP contribution in [0.15, 0.2) is 47.4 Å². The zero-order valence-corrected chi connectivity index (χ0v) is 19.4. The first-order valence-electron chi connectivity index (χ1n) is 10.6. The van der Waals surface area contributed by atoms with Crippen LogP contribution in [0.4, 0.5) is 5.95 Å². The van der Waals surface area contributed by atoms with E-state index in [1.54, 1.807) is 54.1 Å². The number of ether oxygens (including phenoxy) is 2. The molecule has 176 valence electrons. The molecule has 0 saturated carbocycles. The molecule has 4 aromatic rings. The molecule has 2 aromatic heterocycles. The quantitative estimate of drug-likeness (QED) is 0.456. The minimum Gasteiger partial charge on any atom is -0.496 e. The summed E-state index contributed by atoms with van der Waals surface area (Å²) in [6, 6.07) is 11.7. The minimum absolute atomic E-state index is 0.0236. The Morgan fingerprint density at radius 2 is 1.88 bits per heavy atom. The van der Waals surface area contributed by atoms with E-state index in [-0.39, 0.29) is 10.8 Å². The number of nitrogens with one attached hydrogen (secondary N) is 1. The van der Waals surface area contributed by atoms with E-state index in [9.17, 15) is 13.2 Å². The second kappa shape index (κ2) is 8.63. The van der Waals surface area contributed by atoms with Crippen molar-refractivity contribution in [3.63, 3.8) is 0 Å². The van der Waals surface area contributed by atoms with Crippen molar-refractivity contribution < 1.29 is 22.7 Å². The number of fused-ring (bicyclic) bond motifs is 3. The number of nitrogens with zero attached hydrogens (tertiary/aromatic N) is 5. The van der Waals surface area contributed by atoms with Crippen LogP contribution < -0.4 is 10.1 Å². The van der Waals surface area contributed by atoms with Gasteiger partial charge in [-0.2, -0.15) is 9.29 Å². The molecule has 11 nitrogen and oxygen atoms in total. The van der Waals surface area contributed by atoms with Gasteiger partial charge in [0.05, 0.1) is 36.3 Å². The highest BCUT2D eigenvalue weighted by Gasteiger charge is 2.27.